The van der Waals surface area contributed by atoms with E-state index in [-0.39, 0.29) is 70.7 Å². The van der Waals surface area contributed by atoms with Crippen molar-refractivity contribution in [1.82, 2.24) is 19.6 Å². The van der Waals surface area contributed by atoms with Gasteiger partial charge in [-0.15, -0.1) is 0 Å². The minimum atomic E-state index is -0.580. The van der Waals surface area contributed by atoms with Crippen molar-refractivity contribution in [3.8, 4) is 22.9 Å². The molecule has 0 atom stereocenters. The Labute approximate surface area is 469 Å². The molecule has 18 heteroatoms. The molecule has 0 saturated carbocycles. The normalized spacial score (nSPS) is 11.4. The van der Waals surface area contributed by atoms with Gasteiger partial charge in [0.1, 0.15) is 34.5 Å². The monoisotopic (exact) mass is 1150 g/mol. The van der Waals surface area contributed by atoms with E-state index < -0.39 is 11.1 Å². The standard InChI is InChI=1S/C55H66Cl8N6O4/c1-3-5-7-9-11-13-15-17-19-21-27-72-38-23-25-48(42(58)33-38)64-52-40(54(70)68(66-52)50-44(60)29-36(56)30-45(50)61)35-41-53(67-69(55(41)71)51-46(62)31-37(57)32-47(51)63)65-49-26-24-39(34-43(49)59)73-28-22-20-18-16-14-12-10-8-6-4-2/h23-26,29-34,64-67H,3-22,27-28,35H2,1-2H3. The van der Waals surface area contributed by atoms with Crippen LogP contribution in [-0.2, 0) is 6.42 Å². The highest BCUT2D eigenvalue weighted by Crippen LogP contribution is 2.37. The molecule has 396 valence electrons. The summed E-state index contributed by atoms with van der Waals surface area (Å²) in [6.45, 7) is 5.59. The van der Waals surface area contributed by atoms with Crippen molar-refractivity contribution in [3.63, 3.8) is 0 Å². The number of halogens is 8. The highest BCUT2D eigenvalue weighted by Gasteiger charge is 2.26. The number of aromatic nitrogens is 4. The van der Waals surface area contributed by atoms with Gasteiger partial charge in [0.15, 0.2) is 0 Å². The van der Waals surface area contributed by atoms with Crippen molar-refractivity contribution < 1.29 is 9.47 Å². The molecule has 0 unspecified atom stereocenters. The van der Waals surface area contributed by atoms with Crippen molar-refractivity contribution in [2.45, 2.75) is 149 Å². The summed E-state index contributed by atoms with van der Waals surface area (Å²) in [6.07, 6.45) is 24.2. The number of aromatic amines is 2. The molecule has 6 aromatic rings. The number of nitrogens with one attached hydrogen (secondary N) is 4. The summed E-state index contributed by atoms with van der Waals surface area (Å²) < 4.78 is 14.5. The van der Waals surface area contributed by atoms with Crippen LogP contribution in [0.2, 0.25) is 40.2 Å². The molecule has 4 aromatic carbocycles. The summed E-state index contributed by atoms with van der Waals surface area (Å²) in [5.41, 5.74) is 0.237. The van der Waals surface area contributed by atoms with Crippen molar-refractivity contribution in [3.05, 3.63) is 133 Å². The Morgan fingerprint density at radius 2 is 0.740 bits per heavy atom. The molecule has 0 saturated heterocycles. The minimum absolute atomic E-state index is 0.102. The predicted octanol–water partition coefficient (Wildman–Crippen LogP) is 19.5. The first-order valence-corrected chi connectivity index (χ1v) is 28.7. The summed E-state index contributed by atoms with van der Waals surface area (Å²) in [5, 5.41) is 14.4. The lowest BCUT2D eigenvalue weighted by atomic mass is 10.1. The van der Waals surface area contributed by atoms with Crippen LogP contribution in [0.5, 0.6) is 11.5 Å². The fraction of sp³-hybridized carbons (Fsp3) is 0.455. The summed E-state index contributed by atoms with van der Waals surface area (Å²) >= 11 is 53.2. The lowest BCUT2D eigenvalue weighted by Gasteiger charge is -2.12. The highest BCUT2D eigenvalue weighted by molar-refractivity contribution is 6.41. The molecule has 73 heavy (non-hydrogen) atoms. The Kier molecular flexibility index (Phi) is 24.3. The first kappa shape index (κ1) is 58.7. The van der Waals surface area contributed by atoms with E-state index >= 15 is 0 Å². The fourth-order valence-corrected chi connectivity index (χ4v) is 11.1. The van der Waals surface area contributed by atoms with Gasteiger partial charge in [0.25, 0.3) is 11.1 Å². The predicted molar refractivity (Wildman–Crippen MR) is 310 cm³/mol. The maximum Gasteiger partial charge on any atom is 0.277 e. The maximum absolute atomic E-state index is 14.8. The first-order chi connectivity index (χ1) is 35.3. The maximum atomic E-state index is 14.8. The van der Waals surface area contributed by atoms with E-state index in [9.17, 15) is 9.59 Å². The lowest BCUT2D eigenvalue weighted by molar-refractivity contribution is 0.304. The Morgan fingerprint density at radius 1 is 0.425 bits per heavy atom. The molecule has 0 aliphatic heterocycles. The number of anilines is 4. The number of rotatable bonds is 32. The van der Waals surface area contributed by atoms with Crippen molar-refractivity contribution in [2.24, 2.45) is 0 Å². The van der Waals surface area contributed by atoms with Crippen molar-refractivity contribution >= 4 is 116 Å². The van der Waals surface area contributed by atoms with Crippen LogP contribution in [0.25, 0.3) is 11.4 Å². The zero-order valence-corrected chi connectivity index (χ0v) is 47.6. The van der Waals surface area contributed by atoms with Gasteiger partial charge in [-0.1, -0.05) is 222 Å². The van der Waals surface area contributed by atoms with Crippen LogP contribution >= 0.6 is 92.8 Å². The molecule has 0 spiro atoms. The second-order valence-electron chi connectivity index (χ2n) is 18.4. The van der Waals surface area contributed by atoms with Gasteiger partial charge in [0.2, 0.25) is 0 Å². The quantitative estimate of drug-likeness (QED) is 0.0313. The lowest BCUT2D eigenvalue weighted by Crippen LogP contribution is -2.22. The smallest absolute Gasteiger partial charge is 0.277 e. The Morgan fingerprint density at radius 3 is 1.05 bits per heavy atom. The van der Waals surface area contributed by atoms with Crippen LogP contribution in [0.15, 0.2) is 70.3 Å². The van der Waals surface area contributed by atoms with Gasteiger partial charge in [-0.3, -0.25) is 19.8 Å². The van der Waals surface area contributed by atoms with Gasteiger partial charge in [0, 0.05) is 28.6 Å². The number of ether oxygens (including phenoxy) is 2. The molecule has 0 aliphatic carbocycles. The van der Waals surface area contributed by atoms with E-state index in [1.807, 2.05) is 0 Å². The van der Waals surface area contributed by atoms with Crippen LogP contribution < -0.4 is 31.2 Å². The second-order valence-corrected chi connectivity index (χ2v) is 21.7. The highest BCUT2D eigenvalue weighted by atomic mass is 35.5. The van der Waals surface area contributed by atoms with Crippen LogP contribution in [0.3, 0.4) is 0 Å². The topological polar surface area (TPSA) is 118 Å². The van der Waals surface area contributed by atoms with Crippen LogP contribution in [0.4, 0.5) is 23.0 Å². The van der Waals surface area contributed by atoms with Crippen LogP contribution in [0.1, 0.15) is 153 Å². The number of hydrogen-bond acceptors (Lipinski definition) is 6. The van der Waals surface area contributed by atoms with Crippen LogP contribution in [-0.4, -0.2) is 32.8 Å². The Balaban J connectivity index is 1.25. The Bertz CT molecular complexity index is 2610. The summed E-state index contributed by atoms with van der Waals surface area (Å²) in [7, 11) is 0. The zero-order valence-electron chi connectivity index (χ0n) is 41.6. The first-order valence-electron chi connectivity index (χ1n) is 25.7. The largest absolute Gasteiger partial charge is 0.494 e. The van der Waals surface area contributed by atoms with Gasteiger partial charge >= 0.3 is 0 Å². The molecule has 0 aliphatic rings. The van der Waals surface area contributed by atoms with E-state index in [1.54, 1.807) is 36.4 Å². The van der Waals surface area contributed by atoms with E-state index in [4.69, 9.17) is 102 Å². The zero-order chi connectivity index (χ0) is 52.3. The Hall–Kier alpha value is -3.58. The molecule has 10 nitrogen and oxygen atoms in total. The average Bonchev–Trinajstić information content (AvgIpc) is 3.80. The van der Waals surface area contributed by atoms with Gasteiger partial charge < -0.3 is 20.1 Å². The molecule has 0 radical (unpaired) electrons. The van der Waals surface area contributed by atoms with Gasteiger partial charge in [-0.05, 0) is 61.4 Å². The summed E-state index contributed by atoms with van der Waals surface area (Å²) in [4.78, 5) is 29.5. The summed E-state index contributed by atoms with van der Waals surface area (Å²) in [5.74, 6) is 1.59. The molecule has 2 aromatic heterocycles. The number of unbranched alkanes of at least 4 members (excludes halogenated alkanes) is 18. The van der Waals surface area contributed by atoms with E-state index in [2.05, 4.69) is 34.7 Å². The number of H-pyrrole nitrogens is 2. The number of hydrogen-bond donors (Lipinski definition) is 4. The van der Waals surface area contributed by atoms with Crippen LogP contribution in [0, 0.1) is 0 Å². The second kappa shape index (κ2) is 30.2. The molecule has 0 bridgehead atoms. The molecule has 0 fully saturated rings. The molecule has 6 rings (SSSR count). The summed E-state index contributed by atoms with van der Waals surface area (Å²) in [6, 6.07) is 16.4. The minimum Gasteiger partial charge on any atom is -0.494 e. The third-order valence-electron chi connectivity index (χ3n) is 12.7. The SMILES string of the molecule is CCCCCCCCCCCCOc1ccc(Nc2[nH]n(-c3c(Cl)cc(Cl)cc3Cl)c(=O)c2Cc2c(Nc3ccc(OCCCCCCCCCCCC)cc3Cl)[nH]n(-c3c(Cl)cc(Cl)cc3Cl)c2=O)c(Cl)c1. The van der Waals surface area contributed by atoms with Crippen molar-refractivity contribution in [1.29, 1.82) is 0 Å². The van der Waals surface area contributed by atoms with Crippen molar-refractivity contribution in [2.75, 3.05) is 23.8 Å². The van der Waals surface area contributed by atoms with Gasteiger partial charge in [-0.25, -0.2) is 9.36 Å². The molecule has 4 N–H and O–H groups in total. The molecular formula is C55H66Cl8N6O4. The van der Waals surface area contributed by atoms with E-state index in [0.29, 0.717) is 46.1 Å². The number of nitrogens with zero attached hydrogens (tertiary/aromatic N) is 2. The van der Waals surface area contributed by atoms with Gasteiger partial charge in [0.05, 0.1) is 65.9 Å². The van der Waals surface area contributed by atoms with Gasteiger partial charge in [-0.2, -0.15) is 0 Å². The molecule has 2 heterocycles. The van der Waals surface area contributed by atoms with E-state index in [1.165, 1.54) is 136 Å². The molecular weight excluding hydrogens is 1090 g/mol. The third-order valence-corrected chi connectivity index (χ3v) is 14.9. The van der Waals surface area contributed by atoms with E-state index in [0.717, 1.165) is 25.7 Å². The fourth-order valence-electron chi connectivity index (χ4n) is 8.67. The third kappa shape index (κ3) is 17.2. The average molecular weight is 1160 g/mol. The molecule has 0 amide bonds. The number of benzene rings is 4.